The second kappa shape index (κ2) is 6.12. The Morgan fingerprint density at radius 1 is 1.25 bits per heavy atom. The van der Waals surface area contributed by atoms with Gasteiger partial charge >= 0.3 is 0 Å². The van der Waals surface area contributed by atoms with E-state index in [1.54, 1.807) is 6.33 Å². The Bertz CT molecular complexity index is 939. The van der Waals surface area contributed by atoms with Crippen LogP contribution in [0.2, 0.25) is 0 Å². The highest BCUT2D eigenvalue weighted by Crippen LogP contribution is 2.34. The molecule has 0 amide bonds. The number of nitrogens with zero attached hydrogens (tertiary/aromatic N) is 4. The maximum absolute atomic E-state index is 13.0. The second-order valence-electron chi connectivity index (χ2n) is 6.58. The highest BCUT2D eigenvalue weighted by molar-refractivity contribution is 7.25. The Hall–Kier alpha value is -2.02. The van der Waals surface area contributed by atoms with Crippen molar-refractivity contribution < 1.29 is 0 Å². The number of hydrogen-bond acceptors (Lipinski definition) is 6. The van der Waals surface area contributed by atoms with Gasteiger partial charge in [-0.1, -0.05) is 6.92 Å². The lowest BCUT2D eigenvalue weighted by Crippen LogP contribution is -2.27. The van der Waals surface area contributed by atoms with Gasteiger partial charge in [0.2, 0.25) is 0 Å². The van der Waals surface area contributed by atoms with Crippen molar-refractivity contribution in [1.82, 2.24) is 19.5 Å². The number of rotatable bonds is 3. The number of anilines is 1. The largest absolute Gasteiger partial charge is 0.370 e. The minimum Gasteiger partial charge on any atom is -0.370 e. The Morgan fingerprint density at radius 3 is 2.79 bits per heavy atom. The molecule has 4 rings (SSSR count). The maximum Gasteiger partial charge on any atom is 0.271 e. The van der Waals surface area contributed by atoms with Crippen LogP contribution in [0.15, 0.2) is 17.4 Å². The smallest absolute Gasteiger partial charge is 0.271 e. The monoisotopic (exact) mass is 343 g/mol. The fraction of sp³-hybridized carbons (Fsp3) is 0.529. The summed E-state index contributed by atoms with van der Waals surface area (Å²) in [5.41, 5.74) is 0.780. The first-order chi connectivity index (χ1) is 11.7. The van der Waals surface area contributed by atoms with Gasteiger partial charge in [-0.2, -0.15) is 0 Å². The lowest BCUT2D eigenvalue weighted by atomic mass is 9.87. The van der Waals surface area contributed by atoms with Crippen LogP contribution in [0.4, 0.5) is 5.82 Å². The van der Waals surface area contributed by atoms with Crippen LogP contribution in [0.3, 0.4) is 0 Å². The fourth-order valence-corrected chi connectivity index (χ4v) is 4.59. The molecule has 3 aromatic heterocycles. The molecule has 0 spiro atoms. The maximum atomic E-state index is 13.0. The van der Waals surface area contributed by atoms with E-state index in [1.165, 1.54) is 30.5 Å². The SMILES string of the molecule is CCNc1ncnc2sc3c(=O)n(C4CCC(C)CC4)cnc3c12. The molecule has 0 bridgehead atoms. The van der Waals surface area contributed by atoms with Gasteiger partial charge in [-0.3, -0.25) is 9.36 Å². The molecule has 0 atom stereocenters. The molecule has 3 heterocycles. The van der Waals surface area contributed by atoms with E-state index in [1.807, 2.05) is 11.5 Å². The van der Waals surface area contributed by atoms with Gasteiger partial charge in [0, 0.05) is 12.6 Å². The van der Waals surface area contributed by atoms with Gasteiger partial charge in [0.15, 0.2) is 0 Å². The molecule has 1 N–H and O–H groups in total. The first kappa shape index (κ1) is 15.5. The highest BCUT2D eigenvalue weighted by Gasteiger charge is 2.23. The Morgan fingerprint density at radius 2 is 2.04 bits per heavy atom. The minimum atomic E-state index is 0.0602. The fourth-order valence-electron chi connectivity index (χ4n) is 3.56. The summed E-state index contributed by atoms with van der Waals surface area (Å²) in [5.74, 6) is 1.51. The molecule has 1 aliphatic rings. The first-order valence-electron chi connectivity index (χ1n) is 8.57. The van der Waals surface area contributed by atoms with Crippen LogP contribution in [0, 0.1) is 5.92 Å². The van der Waals surface area contributed by atoms with Crippen molar-refractivity contribution >= 4 is 37.6 Å². The number of fused-ring (bicyclic) bond motifs is 3. The molecular weight excluding hydrogens is 322 g/mol. The van der Waals surface area contributed by atoms with Gasteiger partial charge in [-0.25, -0.2) is 15.0 Å². The van der Waals surface area contributed by atoms with Crippen molar-refractivity contribution in [3.63, 3.8) is 0 Å². The van der Waals surface area contributed by atoms with Crippen LogP contribution in [0.25, 0.3) is 20.4 Å². The molecule has 0 unspecified atom stereocenters. The predicted molar refractivity (Wildman–Crippen MR) is 97.8 cm³/mol. The van der Waals surface area contributed by atoms with E-state index in [0.717, 1.165) is 46.9 Å². The molecule has 0 radical (unpaired) electrons. The molecule has 3 aromatic rings. The van der Waals surface area contributed by atoms with Crippen LogP contribution in [-0.4, -0.2) is 26.1 Å². The number of hydrogen-bond donors (Lipinski definition) is 1. The summed E-state index contributed by atoms with van der Waals surface area (Å²) in [6.07, 6.45) is 7.73. The lowest BCUT2D eigenvalue weighted by molar-refractivity contribution is 0.284. The van der Waals surface area contributed by atoms with Gasteiger partial charge in [0.1, 0.15) is 27.2 Å². The van der Waals surface area contributed by atoms with E-state index < -0.39 is 0 Å². The Balaban J connectivity index is 1.86. The van der Waals surface area contributed by atoms with Crippen molar-refractivity contribution in [2.75, 3.05) is 11.9 Å². The topological polar surface area (TPSA) is 72.7 Å². The predicted octanol–water partition coefficient (Wildman–Crippen LogP) is 3.58. The normalized spacial score (nSPS) is 21.4. The molecule has 24 heavy (non-hydrogen) atoms. The molecule has 6 nitrogen and oxygen atoms in total. The molecule has 1 aliphatic carbocycles. The highest BCUT2D eigenvalue weighted by atomic mass is 32.1. The van der Waals surface area contributed by atoms with E-state index in [-0.39, 0.29) is 11.6 Å². The van der Waals surface area contributed by atoms with E-state index in [0.29, 0.717) is 4.70 Å². The number of thiophene rings is 1. The third-order valence-corrected chi connectivity index (χ3v) is 6.00. The van der Waals surface area contributed by atoms with E-state index in [9.17, 15) is 4.79 Å². The van der Waals surface area contributed by atoms with Crippen LogP contribution in [-0.2, 0) is 0 Å². The Kier molecular flexibility index (Phi) is 3.96. The lowest BCUT2D eigenvalue weighted by Gasteiger charge is -2.27. The number of aromatic nitrogens is 4. The van der Waals surface area contributed by atoms with Crippen molar-refractivity contribution in [3.05, 3.63) is 23.0 Å². The summed E-state index contributed by atoms with van der Waals surface area (Å²) < 4.78 is 2.52. The number of nitrogens with one attached hydrogen (secondary N) is 1. The van der Waals surface area contributed by atoms with Crippen LogP contribution < -0.4 is 10.9 Å². The third kappa shape index (κ3) is 2.47. The molecule has 0 aliphatic heterocycles. The van der Waals surface area contributed by atoms with Gasteiger partial charge in [0.25, 0.3) is 5.56 Å². The summed E-state index contributed by atoms with van der Waals surface area (Å²) in [7, 11) is 0. The molecule has 1 saturated carbocycles. The van der Waals surface area contributed by atoms with E-state index >= 15 is 0 Å². The van der Waals surface area contributed by atoms with Gasteiger partial charge < -0.3 is 5.32 Å². The van der Waals surface area contributed by atoms with Crippen LogP contribution in [0.5, 0.6) is 0 Å². The minimum absolute atomic E-state index is 0.0602. The van der Waals surface area contributed by atoms with Gasteiger partial charge in [-0.05, 0) is 38.5 Å². The van der Waals surface area contributed by atoms with Crippen molar-refractivity contribution in [2.45, 2.75) is 45.6 Å². The summed E-state index contributed by atoms with van der Waals surface area (Å²) in [5, 5.41) is 4.10. The molecule has 0 aromatic carbocycles. The molecule has 7 heteroatoms. The first-order valence-corrected chi connectivity index (χ1v) is 9.39. The van der Waals surface area contributed by atoms with Gasteiger partial charge in [-0.15, -0.1) is 11.3 Å². The second-order valence-corrected chi connectivity index (χ2v) is 7.58. The molecular formula is C17H21N5OS. The third-order valence-electron chi connectivity index (χ3n) is 4.93. The van der Waals surface area contributed by atoms with Crippen molar-refractivity contribution in [3.8, 4) is 0 Å². The average molecular weight is 343 g/mol. The van der Waals surface area contributed by atoms with E-state index in [2.05, 4.69) is 27.2 Å². The molecule has 126 valence electrons. The van der Waals surface area contributed by atoms with Gasteiger partial charge in [0.05, 0.1) is 11.7 Å². The zero-order valence-electron chi connectivity index (χ0n) is 14.0. The van der Waals surface area contributed by atoms with Crippen LogP contribution >= 0.6 is 11.3 Å². The quantitative estimate of drug-likeness (QED) is 0.787. The summed E-state index contributed by atoms with van der Waals surface area (Å²) in [4.78, 5) is 27.1. The van der Waals surface area contributed by atoms with Crippen LogP contribution in [0.1, 0.15) is 45.6 Å². The average Bonchev–Trinajstić information content (AvgIpc) is 2.97. The molecule has 1 fully saturated rings. The Labute approximate surface area is 144 Å². The summed E-state index contributed by atoms with van der Waals surface area (Å²) in [6.45, 7) is 5.07. The summed E-state index contributed by atoms with van der Waals surface area (Å²) >= 11 is 1.42. The standard InChI is InChI=1S/C17H21N5OS/c1-3-18-15-12-13-14(24-16(12)20-8-19-15)17(23)22(9-21-13)11-6-4-10(2)5-7-11/h8-11H,3-7H2,1-2H3,(H,18,19,20). The van der Waals surface area contributed by atoms with Crippen molar-refractivity contribution in [1.29, 1.82) is 0 Å². The molecule has 0 saturated heterocycles. The zero-order chi connectivity index (χ0) is 16.7. The summed E-state index contributed by atoms with van der Waals surface area (Å²) in [6, 6.07) is 0.273. The van der Waals surface area contributed by atoms with Crippen molar-refractivity contribution in [2.24, 2.45) is 5.92 Å². The van der Waals surface area contributed by atoms with E-state index in [4.69, 9.17) is 0 Å². The zero-order valence-corrected chi connectivity index (χ0v) is 14.8.